The van der Waals surface area contributed by atoms with E-state index in [2.05, 4.69) is 31.1 Å². The van der Waals surface area contributed by atoms with Crippen LogP contribution in [0.4, 0.5) is 5.13 Å². The molecular formula is C22H27N3O2S. The SMILES string of the molecule is CC(C)(C)c1ccc(C(=O)N2CCc3nc(NC(=O)C4CCC4)sc3C2)cc1. The van der Waals surface area contributed by atoms with Gasteiger partial charge in [-0.3, -0.25) is 9.59 Å². The molecule has 1 fully saturated rings. The second-order valence-electron chi connectivity index (χ2n) is 8.81. The summed E-state index contributed by atoms with van der Waals surface area (Å²) in [5.41, 5.74) is 3.03. The maximum Gasteiger partial charge on any atom is 0.254 e. The van der Waals surface area contributed by atoms with Crippen LogP contribution in [0.1, 0.15) is 66.5 Å². The predicted octanol–water partition coefficient (Wildman–Crippen LogP) is 4.38. The van der Waals surface area contributed by atoms with Gasteiger partial charge >= 0.3 is 0 Å². The lowest BCUT2D eigenvalue weighted by Gasteiger charge is -2.26. The van der Waals surface area contributed by atoms with Crippen molar-refractivity contribution in [2.45, 2.75) is 58.4 Å². The third-order valence-electron chi connectivity index (χ3n) is 5.72. The smallest absolute Gasteiger partial charge is 0.254 e. The second kappa shape index (κ2) is 7.32. The lowest BCUT2D eigenvalue weighted by atomic mass is 9.85. The van der Waals surface area contributed by atoms with Crippen LogP contribution in [0.15, 0.2) is 24.3 Å². The van der Waals surface area contributed by atoms with E-state index in [9.17, 15) is 9.59 Å². The topological polar surface area (TPSA) is 62.3 Å². The highest BCUT2D eigenvalue weighted by molar-refractivity contribution is 7.15. The molecule has 4 rings (SSSR count). The lowest BCUT2D eigenvalue weighted by molar-refractivity contribution is -0.122. The zero-order valence-electron chi connectivity index (χ0n) is 16.7. The molecule has 2 heterocycles. The molecule has 1 aromatic heterocycles. The number of benzene rings is 1. The van der Waals surface area contributed by atoms with E-state index in [1.807, 2.05) is 29.2 Å². The summed E-state index contributed by atoms with van der Waals surface area (Å²) in [6.07, 6.45) is 3.83. The Hall–Kier alpha value is -2.21. The van der Waals surface area contributed by atoms with Crippen LogP contribution >= 0.6 is 11.3 Å². The van der Waals surface area contributed by atoms with Crippen LogP contribution in [0.2, 0.25) is 0 Å². The largest absolute Gasteiger partial charge is 0.333 e. The number of carbonyl (C=O) groups excluding carboxylic acids is 2. The van der Waals surface area contributed by atoms with Gasteiger partial charge in [-0.05, 0) is 36.0 Å². The van der Waals surface area contributed by atoms with Gasteiger partial charge in [-0.15, -0.1) is 0 Å². The van der Waals surface area contributed by atoms with Crippen LogP contribution in [0.5, 0.6) is 0 Å². The Morgan fingerprint density at radius 1 is 1.18 bits per heavy atom. The Morgan fingerprint density at radius 3 is 2.50 bits per heavy atom. The van der Waals surface area contributed by atoms with Gasteiger partial charge in [-0.25, -0.2) is 4.98 Å². The van der Waals surface area contributed by atoms with E-state index in [-0.39, 0.29) is 23.1 Å². The summed E-state index contributed by atoms with van der Waals surface area (Å²) in [5, 5.41) is 3.63. The minimum absolute atomic E-state index is 0.0552. The molecule has 0 unspecified atom stereocenters. The van der Waals surface area contributed by atoms with Crippen LogP contribution in [0.25, 0.3) is 0 Å². The number of fused-ring (bicyclic) bond motifs is 1. The number of aromatic nitrogens is 1. The van der Waals surface area contributed by atoms with Crippen molar-refractivity contribution < 1.29 is 9.59 Å². The summed E-state index contributed by atoms with van der Waals surface area (Å²) in [6.45, 7) is 7.72. The lowest BCUT2D eigenvalue weighted by Crippen LogP contribution is -2.35. The molecule has 5 nitrogen and oxygen atoms in total. The summed E-state index contributed by atoms with van der Waals surface area (Å²) in [4.78, 5) is 32.6. The molecule has 1 aliphatic carbocycles. The third-order valence-corrected chi connectivity index (χ3v) is 6.72. The van der Waals surface area contributed by atoms with Gasteiger partial charge in [0.05, 0.1) is 12.2 Å². The molecule has 1 aliphatic heterocycles. The number of anilines is 1. The van der Waals surface area contributed by atoms with Crippen molar-refractivity contribution in [1.29, 1.82) is 0 Å². The molecule has 0 spiro atoms. The maximum absolute atomic E-state index is 12.9. The summed E-state index contributed by atoms with van der Waals surface area (Å²) in [6, 6.07) is 7.94. The Balaban J connectivity index is 1.43. The van der Waals surface area contributed by atoms with Crippen molar-refractivity contribution >= 4 is 28.3 Å². The fourth-order valence-corrected chi connectivity index (χ4v) is 4.62. The fraction of sp³-hybridized carbons (Fsp3) is 0.500. The monoisotopic (exact) mass is 397 g/mol. The molecule has 1 aromatic carbocycles. The Bertz CT molecular complexity index is 891. The first kappa shape index (κ1) is 19.1. The minimum Gasteiger partial charge on any atom is -0.333 e. The number of nitrogens with one attached hydrogen (secondary N) is 1. The number of nitrogens with zero attached hydrogens (tertiary/aromatic N) is 2. The molecule has 148 valence electrons. The highest BCUT2D eigenvalue weighted by Crippen LogP contribution is 2.32. The third kappa shape index (κ3) is 3.83. The molecule has 1 saturated carbocycles. The first-order valence-corrected chi connectivity index (χ1v) is 10.8. The normalized spacial score (nSPS) is 17.0. The van der Waals surface area contributed by atoms with Crippen LogP contribution in [0.3, 0.4) is 0 Å². The standard InChI is InChI=1S/C22H27N3O2S/c1-22(2,3)16-9-7-15(8-10-16)20(27)25-12-11-17-18(13-25)28-21(23-17)24-19(26)14-5-4-6-14/h7-10,14H,4-6,11-13H2,1-3H3,(H,23,24,26). The van der Waals surface area contributed by atoms with Crippen LogP contribution in [-0.2, 0) is 23.2 Å². The Labute approximate surface area is 170 Å². The fourth-order valence-electron chi connectivity index (χ4n) is 3.60. The molecule has 0 saturated heterocycles. The summed E-state index contributed by atoms with van der Waals surface area (Å²) >= 11 is 1.50. The average molecular weight is 398 g/mol. The van der Waals surface area contributed by atoms with E-state index >= 15 is 0 Å². The number of rotatable bonds is 3. The molecule has 2 amide bonds. The van der Waals surface area contributed by atoms with Crippen molar-refractivity contribution in [3.8, 4) is 0 Å². The van der Waals surface area contributed by atoms with Crippen molar-refractivity contribution in [1.82, 2.24) is 9.88 Å². The van der Waals surface area contributed by atoms with Gasteiger partial charge < -0.3 is 10.2 Å². The highest BCUT2D eigenvalue weighted by atomic mass is 32.1. The first-order valence-electron chi connectivity index (χ1n) is 10.0. The number of amides is 2. The van der Waals surface area contributed by atoms with E-state index in [0.29, 0.717) is 18.2 Å². The number of carbonyl (C=O) groups is 2. The average Bonchev–Trinajstić information content (AvgIpc) is 3.00. The van der Waals surface area contributed by atoms with Crippen molar-refractivity contribution in [2.75, 3.05) is 11.9 Å². The Morgan fingerprint density at radius 2 is 1.89 bits per heavy atom. The van der Waals surface area contributed by atoms with E-state index in [1.165, 1.54) is 16.9 Å². The molecule has 1 N–H and O–H groups in total. The quantitative estimate of drug-likeness (QED) is 0.836. The van der Waals surface area contributed by atoms with E-state index in [4.69, 9.17) is 0 Å². The number of hydrogen-bond donors (Lipinski definition) is 1. The van der Waals surface area contributed by atoms with E-state index in [1.54, 1.807) is 0 Å². The van der Waals surface area contributed by atoms with Gasteiger partial charge in [-0.2, -0.15) is 0 Å². The van der Waals surface area contributed by atoms with Crippen molar-refractivity contribution in [2.24, 2.45) is 5.92 Å². The molecule has 0 bridgehead atoms. The second-order valence-corrected chi connectivity index (χ2v) is 9.89. The van der Waals surface area contributed by atoms with Gasteiger partial charge in [0, 0.05) is 29.3 Å². The van der Waals surface area contributed by atoms with E-state index < -0.39 is 0 Å². The predicted molar refractivity (Wildman–Crippen MR) is 112 cm³/mol. The van der Waals surface area contributed by atoms with Crippen LogP contribution in [-0.4, -0.2) is 28.2 Å². The number of thiazole rings is 1. The van der Waals surface area contributed by atoms with Crippen molar-refractivity contribution in [3.05, 3.63) is 46.0 Å². The summed E-state index contributed by atoms with van der Waals surface area (Å²) in [5.74, 6) is 0.291. The molecule has 28 heavy (non-hydrogen) atoms. The zero-order valence-corrected chi connectivity index (χ0v) is 17.6. The maximum atomic E-state index is 12.9. The van der Waals surface area contributed by atoms with Crippen LogP contribution < -0.4 is 5.32 Å². The highest BCUT2D eigenvalue weighted by Gasteiger charge is 2.28. The molecular weight excluding hydrogens is 370 g/mol. The van der Waals surface area contributed by atoms with Crippen LogP contribution in [0, 0.1) is 5.92 Å². The molecule has 6 heteroatoms. The van der Waals surface area contributed by atoms with Gasteiger partial charge in [0.15, 0.2) is 5.13 Å². The van der Waals surface area contributed by atoms with Gasteiger partial charge in [-0.1, -0.05) is 50.7 Å². The molecule has 0 radical (unpaired) electrons. The first-order chi connectivity index (χ1) is 13.3. The molecule has 0 atom stereocenters. The molecule has 2 aromatic rings. The van der Waals surface area contributed by atoms with Gasteiger partial charge in [0.25, 0.3) is 5.91 Å². The van der Waals surface area contributed by atoms with E-state index in [0.717, 1.165) is 41.8 Å². The van der Waals surface area contributed by atoms with Gasteiger partial charge in [0.2, 0.25) is 5.91 Å². The Kier molecular flexibility index (Phi) is 5.00. The van der Waals surface area contributed by atoms with Crippen molar-refractivity contribution in [3.63, 3.8) is 0 Å². The van der Waals surface area contributed by atoms with Gasteiger partial charge in [0.1, 0.15) is 0 Å². The summed E-state index contributed by atoms with van der Waals surface area (Å²) in [7, 11) is 0. The minimum atomic E-state index is 0.0552. The number of hydrogen-bond acceptors (Lipinski definition) is 4. The molecule has 2 aliphatic rings. The summed E-state index contributed by atoms with van der Waals surface area (Å²) < 4.78 is 0. The zero-order chi connectivity index (χ0) is 19.9.